The van der Waals surface area contributed by atoms with Gasteiger partial charge >= 0.3 is 0 Å². The van der Waals surface area contributed by atoms with Gasteiger partial charge in [0.1, 0.15) is 5.39 Å². The lowest BCUT2D eigenvalue weighted by atomic mass is 10.1. The number of nitrogens with one attached hydrogen (secondary N) is 1. The number of aryl methyl sites for hydroxylation is 2. The fourth-order valence-electron chi connectivity index (χ4n) is 3.05. The molecular formula is C22H20N6O2. The van der Waals surface area contributed by atoms with Crippen molar-refractivity contribution in [2.45, 2.75) is 13.0 Å². The number of pyridine rings is 1. The van der Waals surface area contributed by atoms with Crippen molar-refractivity contribution < 1.29 is 4.79 Å². The number of carbonyl (C=O) groups is 1. The summed E-state index contributed by atoms with van der Waals surface area (Å²) in [6.07, 6.45) is 8.68. The molecule has 0 bridgehead atoms. The highest BCUT2D eigenvalue weighted by atomic mass is 16.2. The molecule has 4 aromatic rings. The van der Waals surface area contributed by atoms with E-state index >= 15 is 0 Å². The van der Waals surface area contributed by atoms with Crippen molar-refractivity contribution in [3.63, 3.8) is 0 Å². The summed E-state index contributed by atoms with van der Waals surface area (Å²) in [5.74, 6) is -0.181. The highest BCUT2D eigenvalue weighted by Crippen LogP contribution is 2.14. The molecule has 3 aromatic heterocycles. The second-order valence-corrected chi connectivity index (χ2v) is 6.76. The summed E-state index contributed by atoms with van der Waals surface area (Å²) in [6.45, 7) is 0.238. The molecule has 0 saturated carbocycles. The van der Waals surface area contributed by atoms with Crippen molar-refractivity contribution >= 4 is 34.8 Å². The Hall–Kier alpha value is -4.07. The van der Waals surface area contributed by atoms with Crippen LogP contribution in [0.25, 0.3) is 23.2 Å². The minimum Gasteiger partial charge on any atom is -0.326 e. The average molecular weight is 400 g/mol. The molecule has 8 heteroatoms. The number of aromatic nitrogens is 5. The molecule has 150 valence electrons. The van der Waals surface area contributed by atoms with Crippen molar-refractivity contribution in [2.75, 3.05) is 5.32 Å². The zero-order chi connectivity index (χ0) is 20.9. The number of benzene rings is 1. The van der Waals surface area contributed by atoms with Crippen LogP contribution in [0, 0.1) is 0 Å². The topological polar surface area (TPSA) is 94.7 Å². The Labute approximate surface area is 172 Å². The van der Waals surface area contributed by atoms with E-state index in [0.717, 1.165) is 11.3 Å². The Morgan fingerprint density at radius 2 is 2.03 bits per heavy atom. The van der Waals surface area contributed by atoms with Gasteiger partial charge in [0, 0.05) is 31.9 Å². The lowest BCUT2D eigenvalue weighted by Gasteiger charge is -2.08. The van der Waals surface area contributed by atoms with Gasteiger partial charge in [-0.2, -0.15) is 5.10 Å². The number of hydrogen-bond donors (Lipinski definition) is 1. The zero-order valence-electron chi connectivity index (χ0n) is 16.4. The maximum atomic E-state index is 12.5. The van der Waals surface area contributed by atoms with E-state index in [1.807, 2.05) is 54.6 Å². The van der Waals surface area contributed by atoms with Gasteiger partial charge in [0.2, 0.25) is 5.91 Å². The molecule has 0 unspecified atom stereocenters. The summed E-state index contributed by atoms with van der Waals surface area (Å²) >= 11 is 0. The summed E-state index contributed by atoms with van der Waals surface area (Å²) in [6, 6.07) is 13.2. The molecule has 1 aromatic carbocycles. The molecule has 0 radical (unpaired) electrons. The molecule has 1 amide bonds. The van der Waals surface area contributed by atoms with Crippen LogP contribution >= 0.6 is 0 Å². The van der Waals surface area contributed by atoms with E-state index in [1.165, 1.54) is 17.1 Å². The number of rotatable bonds is 6. The van der Waals surface area contributed by atoms with Gasteiger partial charge < -0.3 is 5.32 Å². The van der Waals surface area contributed by atoms with Crippen molar-refractivity contribution in [3.8, 4) is 0 Å². The van der Waals surface area contributed by atoms with E-state index in [-0.39, 0.29) is 24.4 Å². The smallest absolute Gasteiger partial charge is 0.264 e. The van der Waals surface area contributed by atoms with Crippen LogP contribution in [0.15, 0.2) is 66.0 Å². The van der Waals surface area contributed by atoms with Gasteiger partial charge in [-0.1, -0.05) is 24.3 Å². The number of fused-ring (bicyclic) bond motifs is 1. The normalized spacial score (nSPS) is 11.2. The molecule has 30 heavy (non-hydrogen) atoms. The van der Waals surface area contributed by atoms with E-state index in [0.29, 0.717) is 16.7 Å². The van der Waals surface area contributed by atoms with Crippen molar-refractivity contribution in [2.24, 2.45) is 7.05 Å². The second kappa shape index (κ2) is 8.52. The fourth-order valence-corrected chi connectivity index (χ4v) is 3.05. The lowest BCUT2D eigenvalue weighted by molar-refractivity contribution is -0.116. The first-order chi connectivity index (χ1) is 14.6. The van der Waals surface area contributed by atoms with Gasteiger partial charge in [-0.15, -0.1) is 0 Å². The molecule has 8 nitrogen and oxygen atoms in total. The van der Waals surface area contributed by atoms with E-state index in [9.17, 15) is 9.59 Å². The number of carbonyl (C=O) groups excluding carboxylic acids is 1. The van der Waals surface area contributed by atoms with Gasteiger partial charge in [0.05, 0.1) is 18.2 Å². The van der Waals surface area contributed by atoms with E-state index < -0.39 is 0 Å². The van der Waals surface area contributed by atoms with Crippen molar-refractivity contribution in [1.29, 1.82) is 0 Å². The molecule has 3 heterocycles. The third kappa shape index (κ3) is 4.33. The van der Waals surface area contributed by atoms with Gasteiger partial charge in [0.25, 0.3) is 5.56 Å². The Bertz CT molecular complexity index is 1270. The van der Waals surface area contributed by atoms with Gasteiger partial charge in [0.15, 0.2) is 5.65 Å². The maximum absolute atomic E-state index is 12.5. The van der Waals surface area contributed by atoms with Crippen LogP contribution in [-0.4, -0.2) is 30.2 Å². The average Bonchev–Trinajstić information content (AvgIpc) is 3.14. The third-order valence-corrected chi connectivity index (χ3v) is 4.60. The number of hydrogen-bond acceptors (Lipinski definition) is 5. The molecule has 0 aliphatic carbocycles. The Balaban J connectivity index is 1.39. The largest absolute Gasteiger partial charge is 0.326 e. The van der Waals surface area contributed by atoms with E-state index in [1.54, 1.807) is 17.9 Å². The SMILES string of the molecule is Cn1ncc2c(=O)n(CCC(=O)Nc3cccc(C=Cc4ccccn4)c3)cnc21. The fraction of sp³-hybridized carbons (Fsp3) is 0.136. The number of anilines is 1. The molecule has 0 spiro atoms. The summed E-state index contributed by atoms with van der Waals surface area (Å²) in [5.41, 5.74) is 2.81. The standard InChI is InChI=1S/C22H20N6O2/c1-27-21-19(14-25-27)22(30)28(15-24-21)12-10-20(29)26-18-7-4-5-16(13-18)8-9-17-6-2-3-11-23-17/h2-9,11,13-15H,10,12H2,1H3,(H,26,29). The highest BCUT2D eigenvalue weighted by molar-refractivity contribution is 5.91. The number of amides is 1. The third-order valence-electron chi connectivity index (χ3n) is 4.60. The van der Waals surface area contributed by atoms with Crippen LogP contribution in [0.3, 0.4) is 0 Å². The quantitative estimate of drug-likeness (QED) is 0.537. The molecule has 4 rings (SSSR count). The summed E-state index contributed by atoms with van der Waals surface area (Å²) in [5, 5.41) is 7.35. The van der Waals surface area contributed by atoms with Crippen molar-refractivity contribution in [1.82, 2.24) is 24.3 Å². The molecule has 0 saturated heterocycles. The van der Waals surface area contributed by atoms with Gasteiger partial charge in [-0.25, -0.2) is 4.98 Å². The van der Waals surface area contributed by atoms with Crippen LogP contribution < -0.4 is 10.9 Å². The predicted molar refractivity (Wildman–Crippen MR) is 116 cm³/mol. The van der Waals surface area contributed by atoms with E-state index in [4.69, 9.17) is 0 Å². The monoisotopic (exact) mass is 400 g/mol. The van der Waals surface area contributed by atoms with Crippen LogP contribution in [0.1, 0.15) is 17.7 Å². The Morgan fingerprint density at radius 1 is 1.13 bits per heavy atom. The molecular weight excluding hydrogens is 380 g/mol. The summed E-state index contributed by atoms with van der Waals surface area (Å²) in [7, 11) is 1.73. The van der Waals surface area contributed by atoms with Gasteiger partial charge in [-0.3, -0.25) is 23.8 Å². The van der Waals surface area contributed by atoms with Crippen LogP contribution in [-0.2, 0) is 18.4 Å². The predicted octanol–water partition coefficient (Wildman–Crippen LogP) is 2.72. The Morgan fingerprint density at radius 3 is 2.87 bits per heavy atom. The zero-order valence-corrected chi connectivity index (χ0v) is 16.4. The maximum Gasteiger partial charge on any atom is 0.264 e. The summed E-state index contributed by atoms with van der Waals surface area (Å²) < 4.78 is 2.97. The first kappa shape index (κ1) is 19.3. The van der Waals surface area contributed by atoms with E-state index in [2.05, 4.69) is 20.4 Å². The van der Waals surface area contributed by atoms with Crippen molar-refractivity contribution in [3.05, 3.63) is 82.8 Å². The Kier molecular flexibility index (Phi) is 5.47. The molecule has 1 N–H and O–H groups in total. The first-order valence-electron chi connectivity index (χ1n) is 9.46. The van der Waals surface area contributed by atoms with Crippen LogP contribution in [0.5, 0.6) is 0 Å². The lowest BCUT2D eigenvalue weighted by Crippen LogP contribution is -2.23. The van der Waals surface area contributed by atoms with Crippen LogP contribution in [0.2, 0.25) is 0 Å². The second-order valence-electron chi connectivity index (χ2n) is 6.76. The van der Waals surface area contributed by atoms with Crippen LogP contribution in [0.4, 0.5) is 5.69 Å². The minimum absolute atomic E-state index is 0.154. The molecule has 0 atom stereocenters. The highest BCUT2D eigenvalue weighted by Gasteiger charge is 2.09. The van der Waals surface area contributed by atoms with Gasteiger partial charge in [-0.05, 0) is 35.9 Å². The minimum atomic E-state index is -0.206. The molecule has 0 aliphatic rings. The summed E-state index contributed by atoms with van der Waals surface area (Å²) in [4.78, 5) is 33.3. The first-order valence-corrected chi connectivity index (χ1v) is 9.46. The molecule has 0 aliphatic heterocycles. The number of nitrogens with zero attached hydrogens (tertiary/aromatic N) is 5. The molecule has 0 fully saturated rings.